The standard InChI is InChI=1S/C26H25F2N3O3/c27-24(28)15-33-20-10-11-23-21(12-20)22(13-29)25(31(23)19-2-1-3-19)17-6-8-18(9-7-17)30-26(32)34-14-16-4-5-16/h6-12,16,19,24H,1-5,14-15H2,(H,30,32). The highest BCUT2D eigenvalue weighted by molar-refractivity contribution is 5.96. The topological polar surface area (TPSA) is 76.3 Å². The van der Waals surface area contributed by atoms with Crippen LogP contribution in [0.15, 0.2) is 42.5 Å². The highest BCUT2D eigenvalue weighted by Gasteiger charge is 2.28. The maximum atomic E-state index is 12.6. The molecule has 2 aromatic carbocycles. The molecule has 8 heteroatoms. The molecule has 1 N–H and O–H groups in total. The van der Waals surface area contributed by atoms with E-state index in [1.165, 1.54) is 0 Å². The van der Waals surface area contributed by atoms with Crippen LogP contribution in [0.4, 0.5) is 19.3 Å². The van der Waals surface area contributed by atoms with Gasteiger partial charge in [0.1, 0.15) is 18.4 Å². The largest absolute Gasteiger partial charge is 0.488 e. The lowest BCUT2D eigenvalue weighted by Gasteiger charge is -2.30. The molecule has 2 aliphatic rings. The van der Waals surface area contributed by atoms with Crippen molar-refractivity contribution in [3.8, 4) is 23.1 Å². The van der Waals surface area contributed by atoms with Gasteiger partial charge in [-0.25, -0.2) is 13.6 Å². The number of nitrogens with one attached hydrogen (secondary N) is 1. The maximum absolute atomic E-state index is 12.6. The van der Waals surface area contributed by atoms with Gasteiger partial charge in [0.2, 0.25) is 0 Å². The van der Waals surface area contributed by atoms with Gasteiger partial charge in [0, 0.05) is 17.1 Å². The number of fused-ring (bicyclic) bond motifs is 1. The summed E-state index contributed by atoms with van der Waals surface area (Å²) in [6.07, 6.45) is 2.32. The number of anilines is 1. The van der Waals surface area contributed by atoms with Gasteiger partial charge in [-0.15, -0.1) is 0 Å². The number of alkyl halides is 2. The van der Waals surface area contributed by atoms with Crippen molar-refractivity contribution >= 4 is 22.7 Å². The van der Waals surface area contributed by atoms with Crippen LogP contribution in [0.5, 0.6) is 5.75 Å². The molecule has 0 aliphatic heterocycles. The van der Waals surface area contributed by atoms with E-state index < -0.39 is 19.1 Å². The van der Waals surface area contributed by atoms with Gasteiger partial charge in [0.15, 0.2) is 0 Å². The van der Waals surface area contributed by atoms with Crippen LogP contribution >= 0.6 is 0 Å². The Hall–Kier alpha value is -3.60. The molecule has 34 heavy (non-hydrogen) atoms. The summed E-state index contributed by atoms with van der Waals surface area (Å²) in [7, 11) is 0. The van der Waals surface area contributed by atoms with E-state index >= 15 is 0 Å². The Morgan fingerprint density at radius 3 is 2.53 bits per heavy atom. The van der Waals surface area contributed by atoms with Crippen LogP contribution in [0, 0.1) is 17.2 Å². The monoisotopic (exact) mass is 465 g/mol. The zero-order valence-electron chi connectivity index (χ0n) is 18.6. The van der Waals surface area contributed by atoms with Crippen LogP contribution in [0.3, 0.4) is 0 Å². The van der Waals surface area contributed by atoms with Crippen LogP contribution in [0.1, 0.15) is 43.7 Å². The van der Waals surface area contributed by atoms with Crippen molar-refractivity contribution in [3.63, 3.8) is 0 Å². The second-order valence-corrected chi connectivity index (χ2v) is 8.92. The van der Waals surface area contributed by atoms with E-state index in [1.807, 2.05) is 18.2 Å². The quantitative estimate of drug-likeness (QED) is 0.412. The van der Waals surface area contributed by atoms with Crippen molar-refractivity contribution in [2.24, 2.45) is 5.92 Å². The Bertz CT molecular complexity index is 1240. The first-order chi connectivity index (χ1) is 16.5. The number of carbonyl (C=O) groups excluding carboxylic acids is 1. The lowest BCUT2D eigenvalue weighted by molar-refractivity contribution is 0.0820. The number of amides is 1. The number of hydrogen-bond acceptors (Lipinski definition) is 4. The van der Waals surface area contributed by atoms with E-state index in [4.69, 9.17) is 9.47 Å². The van der Waals surface area contributed by atoms with E-state index in [-0.39, 0.29) is 6.04 Å². The molecule has 1 aromatic heterocycles. The number of nitrogens with zero attached hydrogens (tertiary/aromatic N) is 2. The van der Waals surface area contributed by atoms with Crippen molar-refractivity contribution in [2.75, 3.05) is 18.5 Å². The Kier molecular flexibility index (Phi) is 6.10. The minimum atomic E-state index is -2.57. The number of hydrogen-bond donors (Lipinski definition) is 1. The predicted octanol–water partition coefficient (Wildman–Crippen LogP) is 6.51. The third-order valence-electron chi connectivity index (χ3n) is 6.45. The molecule has 176 valence electrons. The Balaban J connectivity index is 1.47. The van der Waals surface area contributed by atoms with Crippen molar-refractivity contribution < 1.29 is 23.0 Å². The number of ether oxygens (including phenoxy) is 2. The molecule has 2 fully saturated rings. The number of benzene rings is 2. The minimum absolute atomic E-state index is 0.266. The minimum Gasteiger partial charge on any atom is -0.488 e. The average molecular weight is 466 g/mol. The summed E-state index contributed by atoms with van der Waals surface area (Å²) >= 11 is 0. The summed E-state index contributed by atoms with van der Waals surface area (Å²) in [5.41, 5.74) is 3.60. The molecule has 2 aliphatic carbocycles. The van der Waals surface area contributed by atoms with Gasteiger partial charge in [0.25, 0.3) is 6.43 Å². The molecule has 0 bridgehead atoms. The fourth-order valence-electron chi connectivity index (χ4n) is 4.31. The molecule has 0 saturated heterocycles. The van der Waals surface area contributed by atoms with Gasteiger partial charge in [-0.1, -0.05) is 12.1 Å². The van der Waals surface area contributed by atoms with Gasteiger partial charge in [-0.3, -0.25) is 5.32 Å². The summed E-state index contributed by atoms with van der Waals surface area (Å²) in [5, 5.41) is 13.5. The van der Waals surface area contributed by atoms with Crippen molar-refractivity contribution in [2.45, 2.75) is 44.6 Å². The Morgan fingerprint density at radius 2 is 1.91 bits per heavy atom. The molecule has 5 rings (SSSR count). The fourth-order valence-corrected chi connectivity index (χ4v) is 4.31. The highest BCUT2D eigenvalue weighted by atomic mass is 19.3. The predicted molar refractivity (Wildman–Crippen MR) is 124 cm³/mol. The molecule has 2 saturated carbocycles. The van der Waals surface area contributed by atoms with E-state index in [0.717, 1.165) is 48.9 Å². The summed E-state index contributed by atoms with van der Waals surface area (Å²) in [6, 6.07) is 15.1. The van der Waals surface area contributed by atoms with Gasteiger partial charge >= 0.3 is 6.09 Å². The van der Waals surface area contributed by atoms with Crippen LogP contribution in [0.25, 0.3) is 22.2 Å². The van der Waals surface area contributed by atoms with Crippen LogP contribution < -0.4 is 10.1 Å². The van der Waals surface area contributed by atoms with Gasteiger partial charge in [-0.2, -0.15) is 5.26 Å². The molecule has 0 atom stereocenters. The molecule has 1 amide bonds. The van der Waals surface area contributed by atoms with Crippen molar-refractivity contribution in [3.05, 3.63) is 48.0 Å². The zero-order chi connectivity index (χ0) is 23.7. The molecule has 0 unspecified atom stereocenters. The molecular weight excluding hydrogens is 440 g/mol. The number of rotatable bonds is 8. The summed E-state index contributed by atoms with van der Waals surface area (Å²) < 4.78 is 37.8. The average Bonchev–Trinajstić information content (AvgIpc) is 3.58. The lowest BCUT2D eigenvalue weighted by Crippen LogP contribution is -2.18. The summed E-state index contributed by atoms with van der Waals surface area (Å²) in [6.45, 7) is -0.249. The van der Waals surface area contributed by atoms with E-state index in [1.54, 1.807) is 24.3 Å². The molecule has 3 aromatic rings. The van der Waals surface area contributed by atoms with Gasteiger partial charge in [0.05, 0.1) is 23.4 Å². The van der Waals surface area contributed by atoms with E-state index in [0.29, 0.717) is 34.9 Å². The Morgan fingerprint density at radius 1 is 1.15 bits per heavy atom. The molecule has 0 radical (unpaired) electrons. The van der Waals surface area contributed by atoms with E-state index in [2.05, 4.69) is 16.0 Å². The number of carbonyl (C=O) groups is 1. The molecular formula is C26H25F2N3O3. The number of halogens is 2. The SMILES string of the molecule is N#Cc1c(-c2ccc(NC(=O)OCC3CC3)cc2)n(C2CCC2)c2ccc(OCC(F)F)cc12. The van der Waals surface area contributed by atoms with Gasteiger partial charge in [-0.05, 0) is 73.9 Å². The summed E-state index contributed by atoms with van der Waals surface area (Å²) in [5.74, 6) is 0.804. The molecule has 0 spiro atoms. The van der Waals surface area contributed by atoms with Crippen LogP contribution in [-0.2, 0) is 4.74 Å². The van der Waals surface area contributed by atoms with Crippen LogP contribution in [-0.4, -0.2) is 30.3 Å². The maximum Gasteiger partial charge on any atom is 0.411 e. The third-order valence-corrected chi connectivity index (χ3v) is 6.45. The second kappa shape index (κ2) is 9.34. The van der Waals surface area contributed by atoms with Crippen molar-refractivity contribution in [1.29, 1.82) is 5.26 Å². The third kappa shape index (κ3) is 4.56. The smallest absolute Gasteiger partial charge is 0.411 e. The summed E-state index contributed by atoms with van der Waals surface area (Å²) in [4.78, 5) is 12.0. The van der Waals surface area contributed by atoms with Gasteiger partial charge < -0.3 is 14.0 Å². The first-order valence-corrected chi connectivity index (χ1v) is 11.6. The normalized spacial score (nSPS) is 15.7. The lowest BCUT2D eigenvalue weighted by atomic mass is 9.92. The van der Waals surface area contributed by atoms with Crippen LogP contribution in [0.2, 0.25) is 0 Å². The molecule has 6 nitrogen and oxygen atoms in total. The second-order valence-electron chi connectivity index (χ2n) is 8.92. The zero-order valence-corrected chi connectivity index (χ0v) is 18.6. The number of nitriles is 1. The van der Waals surface area contributed by atoms with Crippen molar-refractivity contribution in [1.82, 2.24) is 4.57 Å². The van der Waals surface area contributed by atoms with E-state index in [9.17, 15) is 18.8 Å². The highest BCUT2D eigenvalue weighted by Crippen LogP contribution is 2.43. The first kappa shape index (κ1) is 22.2. The fraction of sp³-hybridized carbons (Fsp3) is 0.385. The first-order valence-electron chi connectivity index (χ1n) is 11.6. The molecule has 1 heterocycles. The Labute approximate surface area is 196 Å². The number of aromatic nitrogens is 1.